The first-order valence-corrected chi connectivity index (χ1v) is 10.6. The number of nitrogens with one attached hydrogen (secondary N) is 1. The van der Waals surface area contributed by atoms with Gasteiger partial charge in [-0.15, -0.1) is 0 Å². The molecule has 3 N–H and O–H groups in total. The molecule has 2 fully saturated rings. The first kappa shape index (κ1) is 18.5. The van der Waals surface area contributed by atoms with Crippen LogP contribution in [0.2, 0.25) is 0 Å². The second-order valence-corrected chi connectivity index (χ2v) is 8.58. The summed E-state index contributed by atoms with van der Waals surface area (Å²) in [6.07, 6.45) is 8.29. The number of aliphatic carboxylic acids is 1. The van der Waals surface area contributed by atoms with Crippen LogP contribution < -0.4 is 5.32 Å². The summed E-state index contributed by atoms with van der Waals surface area (Å²) in [5.74, 6) is 0.715. The van der Waals surface area contributed by atoms with E-state index in [1.807, 2.05) is 6.20 Å². The molecule has 4 heterocycles. The maximum absolute atomic E-state index is 11.7. The topological polar surface area (TPSA) is 97.6 Å². The van der Waals surface area contributed by atoms with E-state index in [-0.39, 0.29) is 12.5 Å². The van der Waals surface area contributed by atoms with Crippen LogP contribution in [0.1, 0.15) is 32.1 Å². The van der Waals surface area contributed by atoms with Gasteiger partial charge in [-0.3, -0.25) is 0 Å². The molecule has 1 unspecified atom stereocenters. The van der Waals surface area contributed by atoms with E-state index in [1.165, 1.54) is 5.57 Å². The van der Waals surface area contributed by atoms with Crippen LogP contribution in [0.4, 0.5) is 0 Å². The molecule has 5 aliphatic rings. The van der Waals surface area contributed by atoms with E-state index in [9.17, 15) is 15.0 Å². The quantitative estimate of drug-likeness (QED) is 0.639. The van der Waals surface area contributed by atoms with Gasteiger partial charge in [0.05, 0.1) is 11.4 Å². The minimum atomic E-state index is -0.817. The number of piperidine rings is 1. The number of guanidine groups is 1. The first-order chi connectivity index (χ1) is 14.2. The molecule has 1 saturated heterocycles. The number of hydrogen-bond acceptors (Lipinski definition) is 7. The Bertz CT molecular complexity index is 819. The zero-order valence-corrected chi connectivity index (χ0v) is 16.5. The lowest BCUT2D eigenvalue weighted by atomic mass is 9.98. The van der Waals surface area contributed by atoms with Gasteiger partial charge in [0.15, 0.2) is 0 Å². The Morgan fingerprint density at radius 1 is 1.28 bits per heavy atom. The summed E-state index contributed by atoms with van der Waals surface area (Å²) >= 11 is 0. The van der Waals surface area contributed by atoms with E-state index in [2.05, 4.69) is 15.1 Å². The van der Waals surface area contributed by atoms with Crippen LogP contribution in [-0.2, 0) is 9.53 Å². The minimum absolute atomic E-state index is 0.181. The number of rotatable bonds is 5. The van der Waals surface area contributed by atoms with Gasteiger partial charge >= 0.3 is 5.97 Å². The molecule has 1 saturated carbocycles. The number of carboxylic acid groups (broad SMARTS) is 1. The molecule has 5 rings (SSSR count). The average Bonchev–Trinajstić information content (AvgIpc) is 3.51. The fourth-order valence-corrected chi connectivity index (χ4v) is 4.74. The van der Waals surface area contributed by atoms with Crippen molar-refractivity contribution in [1.29, 1.82) is 0 Å². The summed E-state index contributed by atoms with van der Waals surface area (Å²) in [4.78, 5) is 21.1. The van der Waals surface area contributed by atoms with Crippen molar-refractivity contribution < 1.29 is 19.7 Å². The Hall–Kier alpha value is -2.48. The van der Waals surface area contributed by atoms with Gasteiger partial charge < -0.3 is 30.1 Å². The van der Waals surface area contributed by atoms with Crippen molar-refractivity contribution in [2.24, 2.45) is 16.8 Å². The largest absolute Gasteiger partial charge is 0.495 e. The van der Waals surface area contributed by atoms with E-state index in [0.717, 1.165) is 69.0 Å². The predicted octanol–water partition coefficient (Wildman–Crippen LogP) is 1.23. The van der Waals surface area contributed by atoms with Gasteiger partial charge in [0.25, 0.3) is 0 Å². The highest BCUT2D eigenvalue weighted by molar-refractivity contribution is 5.86. The van der Waals surface area contributed by atoms with Gasteiger partial charge in [0, 0.05) is 38.0 Å². The van der Waals surface area contributed by atoms with Crippen LogP contribution in [0.5, 0.6) is 0 Å². The van der Waals surface area contributed by atoms with Crippen molar-refractivity contribution in [1.82, 2.24) is 15.1 Å². The molecule has 0 spiro atoms. The number of nitrogens with zero attached hydrogens (tertiary/aromatic N) is 3. The molecule has 29 heavy (non-hydrogen) atoms. The molecule has 0 aromatic carbocycles. The third kappa shape index (κ3) is 3.39. The SMILES string of the molecule is O=C(O)C(NC1=COCC2=C3C1=CN=C(N1CCC(CO)CC1)N3CC2)C1CC1. The lowest BCUT2D eigenvalue weighted by molar-refractivity contribution is -0.139. The Morgan fingerprint density at radius 3 is 2.76 bits per heavy atom. The van der Waals surface area contributed by atoms with E-state index in [1.54, 1.807) is 6.26 Å². The van der Waals surface area contributed by atoms with Crippen LogP contribution in [0.15, 0.2) is 40.0 Å². The number of carboxylic acids is 1. The molecule has 1 aliphatic carbocycles. The van der Waals surface area contributed by atoms with Gasteiger partial charge in [-0.1, -0.05) is 0 Å². The average molecular weight is 400 g/mol. The number of aliphatic hydroxyl groups is 1. The summed E-state index contributed by atoms with van der Waals surface area (Å²) < 4.78 is 5.78. The lowest BCUT2D eigenvalue weighted by Crippen LogP contribution is -2.48. The van der Waals surface area contributed by atoms with Gasteiger partial charge in [-0.25, -0.2) is 9.79 Å². The second kappa shape index (κ2) is 7.40. The number of likely N-dealkylation sites (tertiary alicyclic amines) is 1. The summed E-state index contributed by atoms with van der Waals surface area (Å²) in [7, 11) is 0. The predicted molar refractivity (Wildman–Crippen MR) is 107 cm³/mol. The normalized spacial score (nSPS) is 25.5. The van der Waals surface area contributed by atoms with E-state index in [0.29, 0.717) is 18.2 Å². The van der Waals surface area contributed by atoms with Crippen molar-refractivity contribution >= 4 is 11.9 Å². The van der Waals surface area contributed by atoms with Crippen molar-refractivity contribution in [3.05, 3.63) is 35.0 Å². The highest BCUT2D eigenvalue weighted by atomic mass is 16.5. The van der Waals surface area contributed by atoms with Gasteiger partial charge in [-0.2, -0.15) is 0 Å². The van der Waals surface area contributed by atoms with Gasteiger partial charge in [0.2, 0.25) is 5.96 Å². The summed E-state index contributed by atoms with van der Waals surface area (Å²) in [6, 6.07) is -0.592. The number of carbonyl (C=O) groups is 1. The molecule has 0 bridgehead atoms. The smallest absolute Gasteiger partial charge is 0.326 e. The molecule has 8 heteroatoms. The Kier molecular flexibility index (Phi) is 4.73. The van der Waals surface area contributed by atoms with Crippen molar-refractivity contribution in [2.75, 3.05) is 32.8 Å². The fourth-order valence-electron chi connectivity index (χ4n) is 4.74. The Balaban J connectivity index is 1.42. The van der Waals surface area contributed by atoms with Gasteiger partial charge in [-0.05, 0) is 49.5 Å². The molecule has 0 radical (unpaired) electrons. The van der Waals surface area contributed by atoms with Crippen molar-refractivity contribution in [3.8, 4) is 0 Å². The summed E-state index contributed by atoms with van der Waals surface area (Å²) in [5, 5.41) is 22.3. The zero-order chi connectivity index (χ0) is 20.0. The monoisotopic (exact) mass is 400 g/mol. The molecule has 8 nitrogen and oxygen atoms in total. The molecule has 4 aliphatic heterocycles. The van der Waals surface area contributed by atoms with Crippen LogP contribution in [0.25, 0.3) is 0 Å². The molecule has 156 valence electrons. The molecule has 0 aromatic heterocycles. The zero-order valence-electron chi connectivity index (χ0n) is 16.5. The maximum Gasteiger partial charge on any atom is 0.326 e. The van der Waals surface area contributed by atoms with Crippen LogP contribution >= 0.6 is 0 Å². The minimum Gasteiger partial charge on any atom is -0.495 e. The van der Waals surface area contributed by atoms with E-state index < -0.39 is 12.0 Å². The molecule has 0 amide bonds. The summed E-state index contributed by atoms with van der Waals surface area (Å²) in [6.45, 7) is 3.43. The molecular formula is C21H28N4O4. The Labute approximate surface area is 170 Å². The highest BCUT2D eigenvalue weighted by Gasteiger charge is 2.40. The number of aliphatic imine (C=N–C) groups is 1. The molecule has 0 aromatic rings. The third-order valence-electron chi connectivity index (χ3n) is 6.62. The van der Waals surface area contributed by atoms with Crippen molar-refractivity contribution in [3.63, 3.8) is 0 Å². The number of ether oxygens (including phenoxy) is 1. The number of aliphatic hydroxyl groups excluding tert-OH is 1. The fraction of sp³-hybridized carbons (Fsp3) is 0.619. The highest BCUT2D eigenvalue weighted by Crippen LogP contribution is 2.39. The maximum atomic E-state index is 11.7. The van der Waals surface area contributed by atoms with Crippen LogP contribution in [-0.4, -0.2) is 70.8 Å². The van der Waals surface area contributed by atoms with Crippen LogP contribution in [0.3, 0.4) is 0 Å². The third-order valence-corrected chi connectivity index (χ3v) is 6.62. The molecule has 1 atom stereocenters. The lowest BCUT2D eigenvalue weighted by Gasteiger charge is -2.39. The van der Waals surface area contributed by atoms with E-state index in [4.69, 9.17) is 9.73 Å². The van der Waals surface area contributed by atoms with Crippen LogP contribution in [0, 0.1) is 11.8 Å². The molecular weight excluding hydrogens is 372 g/mol. The summed E-state index contributed by atoms with van der Waals surface area (Å²) in [5.41, 5.74) is 3.99. The number of hydrogen-bond donors (Lipinski definition) is 3. The standard InChI is InChI=1S/C21H28N4O4/c26-10-13-3-6-24(7-4-13)21-22-9-16-17(23-18(20(27)28)14-1-2-14)12-29-11-15-5-8-25(21)19(15)16/h9,12-14,18,23,26H,1-8,10-11H2,(H,27,28). The Morgan fingerprint density at radius 2 is 2.07 bits per heavy atom. The van der Waals surface area contributed by atoms with Gasteiger partial charge in [0.1, 0.15) is 18.9 Å². The first-order valence-electron chi connectivity index (χ1n) is 10.6. The van der Waals surface area contributed by atoms with E-state index >= 15 is 0 Å². The van der Waals surface area contributed by atoms with Crippen molar-refractivity contribution in [2.45, 2.75) is 38.1 Å². The second-order valence-electron chi connectivity index (χ2n) is 8.58.